The van der Waals surface area contributed by atoms with Crippen LogP contribution in [-0.2, 0) is 14.3 Å². The number of ketones is 1. The minimum atomic E-state index is -1.09. The van der Waals surface area contributed by atoms with Crippen molar-refractivity contribution in [3.05, 3.63) is 58.9 Å². The third-order valence-electron chi connectivity index (χ3n) is 4.33. The number of carbonyl (C=O) groups is 3. The molecule has 0 spiro atoms. The van der Waals surface area contributed by atoms with Crippen molar-refractivity contribution in [1.29, 1.82) is 0 Å². The molecule has 0 saturated carbocycles. The summed E-state index contributed by atoms with van der Waals surface area (Å²) >= 11 is 0. The number of nitrogens with one attached hydrogen (secondary N) is 1. The van der Waals surface area contributed by atoms with Gasteiger partial charge in [-0.3, -0.25) is 14.4 Å². The molecule has 2 rings (SSSR count). The van der Waals surface area contributed by atoms with Crippen LogP contribution in [0.25, 0.3) is 0 Å². The van der Waals surface area contributed by atoms with E-state index in [-0.39, 0.29) is 24.3 Å². The fraction of sp³-hybridized carbons (Fsp3) is 0.318. The number of rotatable bonds is 8. The molecule has 0 aromatic heterocycles. The Balaban J connectivity index is 1.88. The molecule has 1 N–H and O–H groups in total. The second kappa shape index (κ2) is 9.82. The maximum absolute atomic E-state index is 13.6. The molecule has 0 saturated heterocycles. The first-order valence-electron chi connectivity index (χ1n) is 9.15. The lowest BCUT2D eigenvalue weighted by Crippen LogP contribution is -2.30. The molecule has 0 fully saturated rings. The Kier molecular flexibility index (Phi) is 7.47. The molecule has 2 aromatic carbocycles. The van der Waals surface area contributed by atoms with E-state index in [0.717, 1.165) is 5.56 Å². The highest BCUT2D eigenvalue weighted by Crippen LogP contribution is 2.22. The first kappa shape index (κ1) is 22.1. The Labute approximate surface area is 169 Å². The number of methoxy groups -OCH3 is 1. The molecule has 0 bridgehead atoms. The first-order chi connectivity index (χ1) is 13.7. The van der Waals surface area contributed by atoms with Crippen LogP contribution >= 0.6 is 0 Å². The van der Waals surface area contributed by atoms with Gasteiger partial charge < -0.3 is 14.8 Å². The molecule has 7 heteroatoms. The number of amides is 1. The summed E-state index contributed by atoms with van der Waals surface area (Å²) in [7, 11) is 1.47. The van der Waals surface area contributed by atoms with Gasteiger partial charge in [-0.05, 0) is 50.6 Å². The average Bonchev–Trinajstić information content (AvgIpc) is 2.68. The maximum atomic E-state index is 13.6. The van der Waals surface area contributed by atoms with Crippen LogP contribution in [0.4, 0.5) is 10.1 Å². The maximum Gasteiger partial charge on any atom is 0.307 e. The van der Waals surface area contributed by atoms with Gasteiger partial charge in [-0.25, -0.2) is 4.39 Å². The van der Waals surface area contributed by atoms with Gasteiger partial charge in [0.25, 0.3) is 5.91 Å². The van der Waals surface area contributed by atoms with Gasteiger partial charge in [0.1, 0.15) is 11.6 Å². The third-order valence-corrected chi connectivity index (χ3v) is 4.33. The lowest BCUT2D eigenvalue weighted by molar-refractivity contribution is -0.153. The number of esters is 1. The molecule has 0 heterocycles. The Morgan fingerprint density at radius 2 is 1.79 bits per heavy atom. The fourth-order valence-electron chi connectivity index (χ4n) is 2.61. The minimum absolute atomic E-state index is 0.0733. The number of anilines is 1. The first-order valence-corrected chi connectivity index (χ1v) is 9.15. The predicted molar refractivity (Wildman–Crippen MR) is 107 cm³/mol. The van der Waals surface area contributed by atoms with Gasteiger partial charge in [0.2, 0.25) is 0 Å². The Hall–Kier alpha value is -3.22. The number of hydrogen-bond acceptors (Lipinski definition) is 5. The molecule has 0 radical (unpaired) electrons. The van der Waals surface area contributed by atoms with Crippen LogP contribution in [0.5, 0.6) is 5.75 Å². The van der Waals surface area contributed by atoms with E-state index in [1.165, 1.54) is 26.2 Å². The molecule has 0 aliphatic rings. The van der Waals surface area contributed by atoms with Crippen LogP contribution < -0.4 is 10.1 Å². The average molecular weight is 401 g/mol. The van der Waals surface area contributed by atoms with Gasteiger partial charge in [0.15, 0.2) is 11.9 Å². The van der Waals surface area contributed by atoms with Gasteiger partial charge in [-0.1, -0.05) is 17.7 Å². The topological polar surface area (TPSA) is 81.7 Å². The highest BCUT2D eigenvalue weighted by molar-refractivity contribution is 6.00. The fourth-order valence-corrected chi connectivity index (χ4v) is 2.61. The van der Waals surface area contributed by atoms with Gasteiger partial charge in [0, 0.05) is 12.1 Å². The van der Waals surface area contributed by atoms with Crippen molar-refractivity contribution in [2.45, 2.75) is 39.7 Å². The molecule has 0 aliphatic carbocycles. The number of ether oxygens (including phenoxy) is 2. The Morgan fingerprint density at radius 1 is 1.07 bits per heavy atom. The second-order valence-corrected chi connectivity index (χ2v) is 6.71. The monoisotopic (exact) mass is 401 g/mol. The van der Waals surface area contributed by atoms with E-state index < -0.39 is 23.8 Å². The largest absolute Gasteiger partial charge is 0.496 e. The summed E-state index contributed by atoms with van der Waals surface area (Å²) in [5.74, 6) is -1.53. The standard InChI is InChI=1S/C22H24FNO5/c1-13-5-9-20(28-4)17(11-13)19(25)8-10-21(26)29-15(3)22(27)24-16-7-6-14(2)18(23)12-16/h5-7,9,11-12,15H,8,10H2,1-4H3,(H,24,27). The minimum Gasteiger partial charge on any atom is -0.496 e. The van der Waals surface area contributed by atoms with Crippen molar-refractivity contribution in [2.75, 3.05) is 12.4 Å². The highest BCUT2D eigenvalue weighted by atomic mass is 19.1. The number of aryl methyl sites for hydroxylation is 2. The molecule has 29 heavy (non-hydrogen) atoms. The zero-order valence-corrected chi connectivity index (χ0v) is 16.9. The van der Waals surface area contributed by atoms with E-state index in [1.54, 1.807) is 25.1 Å². The van der Waals surface area contributed by atoms with Gasteiger partial charge in [-0.15, -0.1) is 0 Å². The summed E-state index contributed by atoms with van der Waals surface area (Å²) in [4.78, 5) is 36.5. The van der Waals surface area contributed by atoms with Gasteiger partial charge in [0.05, 0.1) is 19.1 Å². The molecule has 1 amide bonds. The van der Waals surface area contributed by atoms with Crippen LogP contribution in [0.3, 0.4) is 0 Å². The molecular weight excluding hydrogens is 377 g/mol. The normalized spacial score (nSPS) is 11.5. The summed E-state index contributed by atoms with van der Waals surface area (Å²) < 4.78 is 23.8. The summed E-state index contributed by atoms with van der Waals surface area (Å²) in [6, 6.07) is 9.50. The summed E-state index contributed by atoms with van der Waals surface area (Å²) in [5.41, 5.74) is 2.02. The van der Waals surface area contributed by atoms with Crippen LogP contribution in [0.15, 0.2) is 36.4 Å². The predicted octanol–water partition coefficient (Wildman–Crippen LogP) is 3.98. The highest BCUT2D eigenvalue weighted by Gasteiger charge is 2.20. The van der Waals surface area contributed by atoms with Crippen molar-refractivity contribution in [3.8, 4) is 5.75 Å². The summed E-state index contributed by atoms with van der Waals surface area (Å²) in [5, 5.41) is 2.49. The van der Waals surface area contributed by atoms with E-state index in [9.17, 15) is 18.8 Å². The van der Waals surface area contributed by atoms with Crippen LogP contribution in [0.1, 0.15) is 41.3 Å². The Morgan fingerprint density at radius 3 is 2.45 bits per heavy atom. The molecule has 1 atom stereocenters. The van der Waals surface area contributed by atoms with Crippen LogP contribution in [0.2, 0.25) is 0 Å². The molecule has 0 aliphatic heterocycles. The molecule has 154 valence electrons. The van der Waals surface area contributed by atoms with Crippen LogP contribution in [-0.4, -0.2) is 30.9 Å². The van der Waals surface area contributed by atoms with E-state index in [1.807, 2.05) is 13.0 Å². The number of hydrogen-bond donors (Lipinski definition) is 1. The third kappa shape index (κ3) is 6.14. The van der Waals surface area contributed by atoms with Crippen LogP contribution in [0, 0.1) is 19.7 Å². The molecule has 1 unspecified atom stereocenters. The number of Topliss-reactive ketones (excluding diaryl/α,β-unsaturated/α-hetero) is 1. The van der Waals surface area contributed by atoms with Gasteiger partial charge >= 0.3 is 5.97 Å². The van der Waals surface area contributed by atoms with E-state index in [2.05, 4.69) is 5.32 Å². The second-order valence-electron chi connectivity index (χ2n) is 6.71. The van der Waals surface area contributed by atoms with Crippen molar-refractivity contribution < 1.29 is 28.2 Å². The molecule has 2 aromatic rings. The van der Waals surface area contributed by atoms with Crippen molar-refractivity contribution in [2.24, 2.45) is 0 Å². The summed E-state index contributed by atoms with van der Waals surface area (Å²) in [6.07, 6.45) is -1.33. The Bertz CT molecular complexity index is 925. The molecular formula is C22H24FNO5. The van der Waals surface area contributed by atoms with Crippen molar-refractivity contribution >= 4 is 23.3 Å². The van der Waals surface area contributed by atoms with Crippen molar-refractivity contribution in [1.82, 2.24) is 0 Å². The van der Waals surface area contributed by atoms with E-state index in [0.29, 0.717) is 16.9 Å². The SMILES string of the molecule is COc1ccc(C)cc1C(=O)CCC(=O)OC(C)C(=O)Nc1ccc(C)c(F)c1. The number of carbonyl (C=O) groups excluding carboxylic acids is 3. The zero-order chi connectivity index (χ0) is 21.6. The van der Waals surface area contributed by atoms with E-state index in [4.69, 9.17) is 9.47 Å². The lowest BCUT2D eigenvalue weighted by atomic mass is 10.0. The number of halogens is 1. The molecule has 6 nitrogen and oxygen atoms in total. The van der Waals surface area contributed by atoms with Gasteiger partial charge in [-0.2, -0.15) is 0 Å². The smallest absolute Gasteiger partial charge is 0.307 e. The van der Waals surface area contributed by atoms with E-state index >= 15 is 0 Å². The lowest BCUT2D eigenvalue weighted by Gasteiger charge is -2.14. The summed E-state index contributed by atoms with van der Waals surface area (Å²) in [6.45, 7) is 4.87. The number of benzene rings is 2. The zero-order valence-electron chi connectivity index (χ0n) is 16.9. The quantitative estimate of drug-likeness (QED) is 0.534. The van der Waals surface area contributed by atoms with Crippen molar-refractivity contribution in [3.63, 3.8) is 0 Å².